The highest BCUT2D eigenvalue weighted by molar-refractivity contribution is 6.32. The van der Waals surface area contributed by atoms with Gasteiger partial charge in [-0.15, -0.1) is 11.6 Å². The molecule has 0 aliphatic carbocycles. The molecule has 1 rings (SSSR count). The number of likely N-dealkylation sites (N-methyl/N-ethyl adjacent to an activating group) is 1. The predicted octanol–water partition coefficient (Wildman–Crippen LogP) is 3.16. The summed E-state index contributed by atoms with van der Waals surface area (Å²) in [7, 11) is 3.69. The number of rotatable bonds is 5. The normalized spacial score (nSPS) is 10.4. The van der Waals surface area contributed by atoms with Crippen LogP contribution in [0.1, 0.15) is 5.56 Å². The maximum Gasteiger partial charge on any atom is 0.0637 e. The van der Waals surface area contributed by atoms with Gasteiger partial charge in [-0.1, -0.05) is 17.7 Å². The van der Waals surface area contributed by atoms with Crippen LogP contribution in [-0.4, -0.2) is 27.3 Å². The first-order valence-electron chi connectivity index (χ1n) is 4.74. The van der Waals surface area contributed by atoms with E-state index in [1.165, 1.54) is 0 Å². The van der Waals surface area contributed by atoms with Gasteiger partial charge in [0, 0.05) is 37.0 Å². The summed E-state index contributed by atoms with van der Waals surface area (Å²) in [6, 6.07) is 5.79. The van der Waals surface area contributed by atoms with Gasteiger partial charge < -0.3 is 9.64 Å². The third-order valence-corrected chi connectivity index (χ3v) is 2.89. The number of nitrogens with zero attached hydrogens (tertiary/aromatic N) is 1. The molecule has 4 heteroatoms. The molecular weight excluding hydrogens is 233 g/mol. The summed E-state index contributed by atoms with van der Waals surface area (Å²) in [6.07, 6.45) is 0. The van der Waals surface area contributed by atoms with Gasteiger partial charge in [-0.2, -0.15) is 0 Å². The van der Waals surface area contributed by atoms with E-state index < -0.39 is 0 Å². The zero-order valence-corrected chi connectivity index (χ0v) is 10.5. The Hall–Kier alpha value is -0.440. The highest BCUT2D eigenvalue weighted by Crippen LogP contribution is 2.28. The van der Waals surface area contributed by atoms with Crippen molar-refractivity contribution in [2.24, 2.45) is 0 Å². The lowest BCUT2D eigenvalue weighted by Gasteiger charge is -2.22. The fourth-order valence-electron chi connectivity index (χ4n) is 1.39. The van der Waals surface area contributed by atoms with Crippen molar-refractivity contribution >= 4 is 28.9 Å². The first-order valence-corrected chi connectivity index (χ1v) is 5.65. The van der Waals surface area contributed by atoms with E-state index >= 15 is 0 Å². The Bertz CT molecular complexity index is 317. The fraction of sp³-hybridized carbons (Fsp3) is 0.455. The molecule has 0 heterocycles. The van der Waals surface area contributed by atoms with Gasteiger partial charge >= 0.3 is 0 Å². The van der Waals surface area contributed by atoms with E-state index in [2.05, 4.69) is 4.90 Å². The monoisotopic (exact) mass is 247 g/mol. The highest BCUT2D eigenvalue weighted by Gasteiger charge is 2.09. The van der Waals surface area contributed by atoms with Gasteiger partial charge in [0.15, 0.2) is 0 Å². The molecule has 1 aromatic rings. The predicted molar refractivity (Wildman–Crippen MR) is 66.2 cm³/mol. The second kappa shape index (κ2) is 6.21. The van der Waals surface area contributed by atoms with E-state index in [0.29, 0.717) is 17.5 Å². The number of anilines is 1. The van der Waals surface area contributed by atoms with Gasteiger partial charge in [0.05, 0.1) is 12.5 Å². The average molecular weight is 248 g/mol. The molecule has 0 radical (unpaired) electrons. The third kappa shape index (κ3) is 3.26. The van der Waals surface area contributed by atoms with Crippen molar-refractivity contribution in [1.29, 1.82) is 0 Å². The molecule has 0 bridgehead atoms. The number of alkyl halides is 1. The molecule has 84 valence electrons. The summed E-state index contributed by atoms with van der Waals surface area (Å²) in [5.41, 5.74) is 2.04. The molecule has 0 aromatic heterocycles. The van der Waals surface area contributed by atoms with Gasteiger partial charge in [0.1, 0.15) is 0 Å². The Morgan fingerprint density at radius 2 is 2.13 bits per heavy atom. The first kappa shape index (κ1) is 12.6. The summed E-state index contributed by atoms with van der Waals surface area (Å²) in [5, 5.41) is 0.715. The van der Waals surface area contributed by atoms with Crippen molar-refractivity contribution in [3.63, 3.8) is 0 Å². The molecule has 0 unspecified atom stereocenters. The van der Waals surface area contributed by atoms with Crippen LogP contribution in [-0.2, 0) is 10.6 Å². The van der Waals surface area contributed by atoms with Gasteiger partial charge in [-0.05, 0) is 12.1 Å². The molecule has 0 aliphatic rings. The standard InChI is InChI=1S/C11H15Cl2NO/c1-14(6-7-15-2)11-5-3-4-10(13)9(11)8-12/h3-5H,6-8H2,1-2H3. The Kier molecular flexibility index (Phi) is 5.23. The zero-order chi connectivity index (χ0) is 11.3. The fourth-order valence-corrected chi connectivity index (χ4v) is 1.97. The highest BCUT2D eigenvalue weighted by atomic mass is 35.5. The van der Waals surface area contributed by atoms with E-state index in [1.807, 2.05) is 25.2 Å². The van der Waals surface area contributed by atoms with Gasteiger partial charge in [0.25, 0.3) is 0 Å². The molecule has 15 heavy (non-hydrogen) atoms. The number of methoxy groups -OCH3 is 1. The topological polar surface area (TPSA) is 12.5 Å². The lowest BCUT2D eigenvalue weighted by molar-refractivity contribution is 0.206. The van der Waals surface area contributed by atoms with Crippen LogP contribution in [0.4, 0.5) is 5.69 Å². The lowest BCUT2D eigenvalue weighted by atomic mass is 10.2. The Morgan fingerprint density at radius 1 is 1.40 bits per heavy atom. The van der Waals surface area contributed by atoms with Gasteiger partial charge in [-0.25, -0.2) is 0 Å². The molecular formula is C11H15Cl2NO. The van der Waals surface area contributed by atoms with Crippen molar-refractivity contribution in [1.82, 2.24) is 0 Å². The summed E-state index contributed by atoms with van der Waals surface area (Å²) in [5.74, 6) is 0.423. The molecule has 2 nitrogen and oxygen atoms in total. The molecule has 0 atom stereocenters. The minimum absolute atomic E-state index is 0.423. The van der Waals surface area contributed by atoms with Crippen LogP contribution in [0.2, 0.25) is 5.02 Å². The third-order valence-electron chi connectivity index (χ3n) is 2.27. The van der Waals surface area contributed by atoms with Crippen LogP contribution in [0, 0.1) is 0 Å². The summed E-state index contributed by atoms with van der Waals surface area (Å²) < 4.78 is 5.03. The maximum absolute atomic E-state index is 6.07. The molecule has 0 spiro atoms. The van der Waals surface area contributed by atoms with E-state index in [4.69, 9.17) is 27.9 Å². The van der Waals surface area contributed by atoms with Crippen LogP contribution in [0.5, 0.6) is 0 Å². The molecule has 0 N–H and O–H groups in total. The quantitative estimate of drug-likeness (QED) is 0.742. The number of ether oxygens (including phenoxy) is 1. The molecule has 0 saturated heterocycles. The number of halogens is 2. The van der Waals surface area contributed by atoms with Crippen molar-refractivity contribution in [2.75, 3.05) is 32.2 Å². The van der Waals surface area contributed by atoms with Gasteiger partial charge in [0.2, 0.25) is 0 Å². The minimum atomic E-state index is 0.423. The van der Waals surface area contributed by atoms with Crippen LogP contribution in [0.15, 0.2) is 18.2 Å². The average Bonchev–Trinajstić information content (AvgIpc) is 2.25. The van der Waals surface area contributed by atoms with Gasteiger partial charge in [-0.3, -0.25) is 0 Å². The summed E-state index contributed by atoms with van der Waals surface area (Å²) in [4.78, 5) is 2.09. The molecule has 0 fully saturated rings. The zero-order valence-electron chi connectivity index (χ0n) is 8.96. The number of hydrogen-bond donors (Lipinski definition) is 0. The van der Waals surface area contributed by atoms with E-state index in [-0.39, 0.29) is 0 Å². The lowest BCUT2D eigenvalue weighted by Crippen LogP contribution is -2.23. The Morgan fingerprint density at radius 3 is 2.73 bits per heavy atom. The van der Waals surface area contributed by atoms with Crippen molar-refractivity contribution in [3.05, 3.63) is 28.8 Å². The number of hydrogen-bond acceptors (Lipinski definition) is 2. The van der Waals surface area contributed by atoms with E-state index in [9.17, 15) is 0 Å². The summed E-state index contributed by atoms with van der Waals surface area (Å²) >= 11 is 11.9. The molecule has 0 aliphatic heterocycles. The maximum atomic E-state index is 6.07. The van der Waals surface area contributed by atoms with E-state index in [1.54, 1.807) is 7.11 Å². The second-order valence-corrected chi connectivity index (χ2v) is 3.96. The van der Waals surface area contributed by atoms with Crippen molar-refractivity contribution < 1.29 is 4.74 Å². The van der Waals surface area contributed by atoms with Crippen LogP contribution < -0.4 is 4.90 Å². The van der Waals surface area contributed by atoms with Crippen molar-refractivity contribution in [3.8, 4) is 0 Å². The van der Waals surface area contributed by atoms with Crippen LogP contribution in [0.3, 0.4) is 0 Å². The van der Waals surface area contributed by atoms with Crippen LogP contribution in [0.25, 0.3) is 0 Å². The first-order chi connectivity index (χ1) is 7.20. The van der Waals surface area contributed by atoms with Crippen LogP contribution >= 0.6 is 23.2 Å². The SMILES string of the molecule is COCCN(C)c1cccc(Cl)c1CCl. The largest absolute Gasteiger partial charge is 0.383 e. The summed E-state index contributed by atoms with van der Waals surface area (Å²) in [6.45, 7) is 1.51. The second-order valence-electron chi connectivity index (χ2n) is 3.29. The van der Waals surface area contributed by atoms with E-state index in [0.717, 1.165) is 17.8 Å². The molecule has 0 saturated carbocycles. The Labute approximate surface area is 101 Å². The van der Waals surface area contributed by atoms with Crippen molar-refractivity contribution in [2.45, 2.75) is 5.88 Å². The molecule has 0 amide bonds. The minimum Gasteiger partial charge on any atom is -0.383 e. The number of benzene rings is 1. The molecule has 1 aromatic carbocycles. The smallest absolute Gasteiger partial charge is 0.0637 e. The Balaban J connectivity index is 2.87.